The van der Waals surface area contributed by atoms with E-state index in [0.717, 1.165) is 42.9 Å². The first-order valence-corrected chi connectivity index (χ1v) is 24.1. The first-order chi connectivity index (χ1) is 37.1. The minimum absolute atomic E-state index is 0.103. The third-order valence-corrected chi connectivity index (χ3v) is 14.4. The van der Waals surface area contributed by atoms with Gasteiger partial charge in [0.2, 0.25) is 0 Å². The molecule has 1 aliphatic rings. The molecule has 0 saturated carbocycles. The fourth-order valence-corrected chi connectivity index (χ4v) is 10.8. The normalized spacial score (nSPS) is 14.5. The average molecular weight is 960 g/mol. The molecule has 0 N–H and O–H groups in total. The van der Waals surface area contributed by atoms with Crippen molar-refractivity contribution in [2.24, 2.45) is 0 Å². The SMILES string of the molecule is [2H]c1c([2H])c([2H])c(-c2cc(C(C)(C)C)cc(-c3c([2H])c([2H])c([2H])c([2H])c3[2H])c2-[n+]2cn(-c3cccc(Oc4ccc5c(c4)N(c4cc(C(C)(C)C)ccn4)c4ncc(-c6ccccc6)cc4[Se]5)c3)c3ccccc32)c([2H])c1[2H]. The number of fused-ring (bicyclic) bond motifs is 3. The maximum absolute atomic E-state index is 9.27. The summed E-state index contributed by atoms with van der Waals surface area (Å²) >= 11 is -0.109. The molecule has 0 radical (unpaired) electrons. The van der Waals surface area contributed by atoms with Crippen LogP contribution in [0.25, 0.3) is 55.8 Å². The van der Waals surface area contributed by atoms with Crippen LogP contribution >= 0.6 is 0 Å². The Kier molecular flexibility index (Phi) is 8.37. The summed E-state index contributed by atoms with van der Waals surface area (Å²) in [5.41, 5.74) is 6.52. The molecule has 0 fully saturated rings. The monoisotopic (exact) mass is 960 g/mol. The molecular formula is C61H52N5OSe+. The van der Waals surface area contributed by atoms with Crippen molar-refractivity contribution in [1.82, 2.24) is 14.5 Å². The Morgan fingerprint density at radius 3 is 1.96 bits per heavy atom. The van der Waals surface area contributed by atoms with Gasteiger partial charge < -0.3 is 0 Å². The Balaban J connectivity index is 1.07. The second-order valence-corrected chi connectivity index (χ2v) is 21.0. The maximum Gasteiger partial charge on any atom is 0.0629 e. The van der Waals surface area contributed by atoms with E-state index in [1.54, 1.807) is 23.0 Å². The zero-order chi connectivity index (χ0) is 55.3. The molecule has 0 spiro atoms. The van der Waals surface area contributed by atoms with Crippen LogP contribution < -0.4 is 23.1 Å². The summed E-state index contributed by atoms with van der Waals surface area (Å²) in [6.45, 7) is 12.4. The number of anilines is 3. The molecule has 332 valence electrons. The summed E-state index contributed by atoms with van der Waals surface area (Å²) in [5, 5.41) is 0. The molecule has 0 aliphatic carbocycles. The molecule has 0 amide bonds. The minimum atomic E-state index is -0.624. The number of imidazole rings is 1. The van der Waals surface area contributed by atoms with Gasteiger partial charge in [0.15, 0.2) is 0 Å². The molecule has 68 heavy (non-hydrogen) atoms. The smallest absolute Gasteiger partial charge is 0.0616 e. The number of benzene rings is 7. The summed E-state index contributed by atoms with van der Waals surface area (Å²) < 4.78 is 102. The van der Waals surface area contributed by atoms with Gasteiger partial charge in [-0.05, 0) is 34.2 Å². The first-order valence-electron chi connectivity index (χ1n) is 27.4. The van der Waals surface area contributed by atoms with Gasteiger partial charge in [0.1, 0.15) is 0 Å². The number of nitrogens with zero attached hydrogens (tertiary/aromatic N) is 5. The van der Waals surface area contributed by atoms with Crippen LogP contribution in [0.5, 0.6) is 11.5 Å². The van der Waals surface area contributed by atoms with Crippen molar-refractivity contribution >= 4 is 52.2 Å². The van der Waals surface area contributed by atoms with Crippen LogP contribution in [0.1, 0.15) is 66.4 Å². The second-order valence-electron chi connectivity index (χ2n) is 18.7. The van der Waals surface area contributed by atoms with E-state index in [1.165, 1.54) is 0 Å². The molecule has 11 rings (SSSR count). The molecule has 7 heteroatoms. The Morgan fingerprint density at radius 1 is 0.574 bits per heavy atom. The number of pyridine rings is 2. The van der Waals surface area contributed by atoms with E-state index in [4.69, 9.17) is 22.9 Å². The van der Waals surface area contributed by atoms with Gasteiger partial charge in [-0.1, -0.05) is 87.3 Å². The van der Waals surface area contributed by atoms with Crippen molar-refractivity contribution in [3.8, 4) is 56.3 Å². The van der Waals surface area contributed by atoms with Crippen LogP contribution in [0, 0.1) is 0 Å². The summed E-state index contributed by atoms with van der Waals surface area (Å²) in [5.74, 6) is 2.66. The quantitative estimate of drug-likeness (QED) is 0.112. The minimum Gasteiger partial charge on any atom is -0.0616 e. The van der Waals surface area contributed by atoms with Crippen LogP contribution in [0.15, 0.2) is 207 Å². The van der Waals surface area contributed by atoms with E-state index in [0.29, 0.717) is 33.8 Å². The molecular weight excluding hydrogens is 898 g/mol. The van der Waals surface area contributed by atoms with Gasteiger partial charge >= 0.3 is 275 Å². The van der Waals surface area contributed by atoms with Crippen molar-refractivity contribution in [3.05, 3.63) is 218 Å². The molecule has 10 aromatic rings. The Labute approximate surface area is 419 Å². The van der Waals surface area contributed by atoms with E-state index in [1.807, 2.05) is 117 Å². The zero-order valence-corrected chi connectivity index (χ0v) is 40.1. The number of aromatic nitrogens is 4. The number of rotatable bonds is 8. The van der Waals surface area contributed by atoms with E-state index in [-0.39, 0.29) is 48.3 Å². The van der Waals surface area contributed by atoms with Gasteiger partial charge in [0.25, 0.3) is 0 Å². The predicted molar refractivity (Wildman–Crippen MR) is 280 cm³/mol. The second kappa shape index (κ2) is 17.3. The third kappa shape index (κ3) is 8.19. The molecule has 0 atom stereocenters. The van der Waals surface area contributed by atoms with Crippen LogP contribution in [0.4, 0.5) is 17.3 Å². The summed E-state index contributed by atoms with van der Waals surface area (Å²) in [6, 6.07) is 36.4. The fraction of sp³-hybridized carbons (Fsp3) is 0.131. The molecule has 7 aromatic carbocycles. The fourth-order valence-electron chi connectivity index (χ4n) is 8.57. The van der Waals surface area contributed by atoms with Gasteiger partial charge in [-0.2, -0.15) is 0 Å². The maximum atomic E-state index is 9.27. The molecule has 0 unspecified atom stereocenters. The van der Waals surface area contributed by atoms with Crippen LogP contribution in [0.2, 0.25) is 0 Å². The van der Waals surface area contributed by atoms with E-state index in [2.05, 4.69) is 62.1 Å². The number of hydrogen-bond acceptors (Lipinski definition) is 4. The van der Waals surface area contributed by atoms with Gasteiger partial charge in [0.05, 0.1) is 13.7 Å². The summed E-state index contributed by atoms with van der Waals surface area (Å²) in [4.78, 5) is 12.2. The standard InChI is InChI=1S/C61H52N5OSe/c1-60(2,3)45-31-32-62-57(36-45)66-54-38-49(29-30-55(54)68-56-33-44(39-63-59(56)66)41-19-10-7-11-20-41)67-48-26-18-25-47(37-48)64-40-65(53-28-17-16-27-52(53)64)58-50(42-21-12-8-13-22-42)34-46(61(4,5)6)35-51(58)43-23-14-9-15-24-43/h7-40H,1-6H3/q+1/i8D,9D,12D,13D,14D,15D,21D,22D,23D,24D. The van der Waals surface area contributed by atoms with E-state index < -0.39 is 65.8 Å². The van der Waals surface area contributed by atoms with Crippen molar-refractivity contribution in [2.45, 2.75) is 52.4 Å². The molecule has 4 heterocycles. The summed E-state index contributed by atoms with van der Waals surface area (Å²) in [7, 11) is 0. The number of para-hydroxylation sites is 2. The van der Waals surface area contributed by atoms with Crippen molar-refractivity contribution in [3.63, 3.8) is 0 Å². The topological polar surface area (TPSA) is 47.1 Å². The average Bonchev–Trinajstić information content (AvgIpc) is 4.01. The van der Waals surface area contributed by atoms with Crippen molar-refractivity contribution < 1.29 is 23.0 Å². The first kappa shape index (κ1) is 33.0. The van der Waals surface area contributed by atoms with Crippen LogP contribution in [-0.2, 0) is 10.8 Å². The number of hydrogen-bond donors (Lipinski definition) is 0. The largest absolute Gasteiger partial charge is 0.0629 e. The Morgan fingerprint density at radius 2 is 1.25 bits per heavy atom. The molecule has 6 nitrogen and oxygen atoms in total. The zero-order valence-electron chi connectivity index (χ0n) is 48.4. The third-order valence-electron chi connectivity index (χ3n) is 12.1. The number of ether oxygens (including phenoxy) is 1. The van der Waals surface area contributed by atoms with Gasteiger partial charge in [-0.25, -0.2) is 0 Å². The van der Waals surface area contributed by atoms with Crippen LogP contribution in [-0.4, -0.2) is 29.5 Å². The van der Waals surface area contributed by atoms with Crippen molar-refractivity contribution in [2.75, 3.05) is 4.90 Å². The van der Waals surface area contributed by atoms with Gasteiger partial charge in [-0.3, -0.25) is 0 Å². The predicted octanol–water partition coefficient (Wildman–Crippen LogP) is 13.5. The Hall–Kier alpha value is -7.57. The van der Waals surface area contributed by atoms with E-state index >= 15 is 0 Å². The van der Waals surface area contributed by atoms with E-state index in [9.17, 15) is 5.48 Å². The van der Waals surface area contributed by atoms with Crippen molar-refractivity contribution in [1.29, 1.82) is 0 Å². The molecule has 0 saturated heterocycles. The molecule has 0 bridgehead atoms. The Bertz CT molecular complexity index is 3950. The van der Waals surface area contributed by atoms with Gasteiger partial charge in [0, 0.05) is 11.1 Å². The van der Waals surface area contributed by atoms with Crippen LogP contribution in [0.3, 0.4) is 0 Å². The molecule has 3 aromatic heterocycles. The van der Waals surface area contributed by atoms with Gasteiger partial charge in [-0.15, -0.1) is 0 Å². The molecule has 1 aliphatic heterocycles. The summed E-state index contributed by atoms with van der Waals surface area (Å²) in [6.07, 6.45) is 5.57.